The van der Waals surface area contributed by atoms with E-state index in [1.54, 1.807) is 6.07 Å². The fourth-order valence-corrected chi connectivity index (χ4v) is 3.14. The first-order chi connectivity index (χ1) is 9.56. The first kappa shape index (κ1) is 15.7. The van der Waals surface area contributed by atoms with E-state index in [0.29, 0.717) is 21.7 Å². The van der Waals surface area contributed by atoms with Gasteiger partial charge in [0.1, 0.15) is 0 Å². The molecule has 1 fully saturated rings. The second kappa shape index (κ2) is 7.34. The maximum atomic E-state index is 9.85. The van der Waals surface area contributed by atoms with Gasteiger partial charge in [0.05, 0.1) is 10.7 Å². The monoisotopic (exact) mass is 332 g/mol. The van der Waals surface area contributed by atoms with E-state index in [9.17, 15) is 5.11 Å². The zero-order valence-corrected chi connectivity index (χ0v) is 13.4. The Bertz CT molecular complexity index is 490. The molecule has 20 heavy (non-hydrogen) atoms. The smallest absolute Gasteiger partial charge is 0.170 e. The molecule has 0 heterocycles. The fourth-order valence-electron chi connectivity index (χ4n) is 2.46. The third kappa shape index (κ3) is 4.40. The summed E-state index contributed by atoms with van der Waals surface area (Å²) in [6.45, 7) is 0.862. The van der Waals surface area contributed by atoms with Crippen molar-refractivity contribution in [1.82, 2.24) is 5.32 Å². The number of hydrogen-bond acceptors (Lipinski definition) is 2. The Hall–Kier alpha value is -0.710. The van der Waals surface area contributed by atoms with Gasteiger partial charge < -0.3 is 15.7 Å². The summed E-state index contributed by atoms with van der Waals surface area (Å²) in [5, 5.41) is 17.1. The number of halogens is 2. The summed E-state index contributed by atoms with van der Waals surface area (Å²) in [5.41, 5.74) is 0.420. The van der Waals surface area contributed by atoms with Gasteiger partial charge in [0, 0.05) is 11.6 Å². The Kier molecular flexibility index (Phi) is 5.75. The van der Waals surface area contributed by atoms with Gasteiger partial charge in [0.25, 0.3) is 0 Å². The quantitative estimate of drug-likeness (QED) is 0.560. The van der Waals surface area contributed by atoms with Gasteiger partial charge in [-0.1, -0.05) is 42.5 Å². The molecule has 0 aliphatic heterocycles. The lowest BCUT2D eigenvalue weighted by Gasteiger charge is -2.22. The van der Waals surface area contributed by atoms with Gasteiger partial charge in [0.2, 0.25) is 0 Å². The van der Waals surface area contributed by atoms with Crippen LogP contribution in [0.15, 0.2) is 12.1 Å². The molecule has 1 aliphatic carbocycles. The van der Waals surface area contributed by atoms with E-state index in [1.165, 1.54) is 38.2 Å². The topological polar surface area (TPSA) is 44.3 Å². The van der Waals surface area contributed by atoms with Crippen LogP contribution in [0.25, 0.3) is 0 Å². The molecule has 3 nitrogen and oxygen atoms in total. The minimum atomic E-state index is -0.0436. The molecule has 0 saturated heterocycles. The zero-order valence-electron chi connectivity index (χ0n) is 11.1. The van der Waals surface area contributed by atoms with Gasteiger partial charge in [-0.05, 0) is 43.1 Å². The Morgan fingerprint density at radius 1 is 1.25 bits per heavy atom. The number of benzene rings is 1. The third-order valence-electron chi connectivity index (χ3n) is 3.55. The molecule has 110 valence electrons. The first-order valence-corrected chi connectivity index (χ1v) is 7.95. The average molecular weight is 333 g/mol. The number of anilines is 1. The van der Waals surface area contributed by atoms with Crippen molar-refractivity contribution >= 4 is 46.2 Å². The van der Waals surface area contributed by atoms with Gasteiger partial charge in [-0.25, -0.2) is 0 Å². The summed E-state index contributed by atoms with van der Waals surface area (Å²) in [6, 6.07) is 3.08. The maximum absolute atomic E-state index is 9.85. The summed E-state index contributed by atoms with van der Waals surface area (Å²) in [7, 11) is 0. The van der Waals surface area contributed by atoms with Gasteiger partial charge in [-0.15, -0.1) is 0 Å². The van der Waals surface area contributed by atoms with Crippen molar-refractivity contribution in [1.29, 1.82) is 0 Å². The predicted octanol–water partition coefficient (Wildman–Crippen LogP) is 4.57. The van der Waals surface area contributed by atoms with Gasteiger partial charge in [-0.3, -0.25) is 0 Å². The second-order valence-electron chi connectivity index (χ2n) is 5.12. The standard InChI is InChI=1S/C14H18Cl2N2OS/c15-10-6-11(16)13(19)12(7-10)18-14(20)17-8-9-4-2-1-3-5-9/h6-7,9,19H,1-5,8H2,(H2,17,18,20). The third-order valence-corrected chi connectivity index (χ3v) is 4.31. The van der Waals surface area contributed by atoms with Crippen molar-refractivity contribution in [2.24, 2.45) is 5.92 Å². The van der Waals surface area contributed by atoms with E-state index in [1.807, 2.05) is 0 Å². The van der Waals surface area contributed by atoms with Crippen LogP contribution in [0.4, 0.5) is 5.69 Å². The predicted molar refractivity (Wildman–Crippen MR) is 88.9 cm³/mol. The lowest BCUT2D eigenvalue weighted by atomic mass is 9.89. The first-order valence-electron chi connectivity index (χ1n) is 6.79. The number of nitrogens with one attached hydrogen (secondary N) is 2. The Labute approximate surface area is 134 Å². The molecule has 0 amide bonds. The molecule has 2 rings (SSSR count). The zero-order chi connectivity index (χ0) is 14.5. The highest BCUT2D eigenvalue weighted by Gasteiger charge is 2.14. The highest BCUT2D eigenvalue weighted by Crippen LogP contribution is 2.34. The molecular weight excluding hydrogens is 315 g/mol. The number of hydrogen-bond donors (Lipinski definition) is 3. The van der Waals surface area contributed by atoms with Crippen molar-refractivity contribution in [3.05, 3.63) is 22.2 Å². The lowest BCUT2D eigenvalue weighted by Crippen LogP contribution is -2.33. The molecule has 0 bridgehead atoms. The molecule has 0 atom stereocenters. The molecule has 1 aromatic rings. The van der Waals surface area contributed by atoms with Crippen LogP contribution in [0.2, 0.25) is 10.0 Å². The van der Waals surface area contributed by atoms with Crippen molar-refractivity contribution < 1.29 is 5.11 Å². The second-order valence-corrected chi connectivity index (χ2v) is 6.37. The van der Waals surface area contributed by atoms with Crippen LogP contribution in [0.1, 0.15) is 32.1 Å². The number of aromatic hydroxyl groups is 1. The van der Waals surface area contributed by atoms with Crippen molar-refractivity contribution in [3.8, 4) is 5.75 Å². The largest absolute Gasteiger partial charge is 0.504 e. The maximum Gasteiger partial charge on any atom is 0.170 e. The van der Waals surface area contributed by atoms with E-state index in [-0.39, 0.29) is 10.8 Å². The fraction of sp³-hybridized carbons (Fsp3) is 0.500. The SMILES string of the molecule is Oc1c(Cl)cc(Cl)cc1NC(=S)NCC1CCCCC1. The van der Waals surface area contributed by atoms with Crippen molar-refractivity contribution in [2.45, 2.75) is 32.1 Å². The van der Waals surface area contributed by atoms with Crippen LogP contribution in [0, 0.1) is 5.92 Å². The molecule has 1 aromatic carbocycles. The van der Waals surface area contributed by atoms with Crippen LogP contribution in [0.5, 0.6) is 5.75 Å². The highest BCUT2D eigenvalue weighted by molar-refractivity contribution is 7.80. The van der Waals surface area contributed by atoms with Crippen molar-refractivity contribution in [3.63, 3.8) is 0 Å². The van der Waals surface area contributed by atoms with Crippen LogP contribution in [-0.4, -0.2) is 16.8 Å². The minimum absolute atomic E-state index is 0.0436. The van der Waals surface area contributed by atoms with E-state index in [2.05, 4.69) is 10.6 Å². The summed E-state index contributed by atoms with van der Waals surface area (Å²) in [5.74, 6) is 0.637. The minimum Gasteiger partial charge on any atom is -0.504 e. The Morgan fingerprint density at radius 3 is 2.65 bits per heavy atom. The number of thiocarbonyl (C=S) groups is 1. The number of phenolic OH excluding ortho intramolecular Hbond substituents is 1. The normalized spacial score (nSPS) is 15.9. The molecule has 0 radical (unpaired) electrons. The van der Waals surface area contributed by atoms with E-state index < -0.39 is 0 Å². The molecular formula is C14H18Cl2N2OS. The Morgan fingerprint density at radius 2 is 1.95 bits per heavy atom. The van der Waals surface area contributed by atoms with E-state index >= 15 is 0 Å². The molecule has 0 spiro atoms. The summed E-state index contributed by atoms with van der Waals surface area (Å²) in [4.78, 5) is 0. The average Bonchev–Trinajstić information content (AvgIpc) is 2.43. The van der Waals surface area contributed by atoms with Crippen LogP contribution in [0.3, 0.4) is 0 Å². The molecule has 3 N–H and O–H groups in total. The summed E-state index contributed by atoms with van der Waals surface area (Å²) >= 11 is 17.0. The molecule has 6 heteroatoms. The Balaban J connectivity index is 1.88. The van der Waals surface area contributed by atoms with Crippen LogP contribution >= 0.6 is 35.4 Å². The molecule has 1 saturated carbocycles. The summed E-state index contributed by atoms with van der Waals surface area (Å²) in [6.07, 6.45) is 6.45. The number of rotatable bonds is 3. The molecule has 1 aliphatic rings. The van der Waals surface area contributed by atoms with Gasteiger partial charge in [-0.2, -0.15) is 0 Å². The van der Waals surface area contributed by atoms with E-state index in [4.69, 9.17) is 35.4 Å². The van der Waals surface area contributed by atoms with E-state index in [0.717, 1.165) is 6.54 Å². The molecule has 0 unspecified atom stereocenters. The van der Waals surface area contributed by atoms with Gasteiger partial charge >= 0.3 is 0 Å². The van der Waals surface area contributed by atoms with Crippen LogP contribution in [-0.2, 0) is 0 Å². The lowest BCUT2D eigenvalue weighted by molar-refractivity contribution is 0.357. The number of phenols is 1. The highest BCUT2D eigenvalue weighted by atomic mass is 35.5. The van der Waals surface area contributed by atoms with Crippen molar-refractivity contribution in [2.75, 3.05) is 11.9 Å². The summed E-state index contributed by atoms with van der Waals surface area (Å²) < 4.78 is 0. The van der Waals surface area contributed by atoms with Gasteiger partial charge in [0.15, 0.2) is 10.9 Å². The van der Waals surface area contributed by atoms with Crippen LogP contribution < -0.4 is 10.6 Å². The molecule has 0 aromatic heterocycles.